The van der Waals surface area contributed by atoms with Crippen molar-refractivity contribution in [2.75, 3.05) is 5.75 Å². The Kier molecular flexibility index (Phi) is 7.49. The summed E-state index contributed by atoms with van der Waals surface area (Å²) in [5, 5.41) is 20.0. The average molecular weight is 439 g/mol. The summed E-state index contributed by atoms with van der Waals surface area (Å²) in [5.41, 5.74) is 0.0768. The van der Waals surface area contributed by atoms with Gasteiger partial charge in [-0.1, -0.05) is 28.0 Å². The first-order valence-corrected chi connectivity index (χ1v) is 11.7. The zero-order valence-electron chi connectivity index (χ0n) is 15.7. The van der Waals surface area contributed by atoms with E-state index in [1.807, 2.05) is 21.6 Å². The number of fused-ring (bicyclic) bond motifs is 1. The fourth-order valence-electron chi connectivity index (χ4n) is 3.17. The molecule has 1 aromatic carbocycles. The number of esters is 1. The quantitative estimate of drug-likeness (QED) is 0.260. The summed E-state index contributed by atoms with van der Waals surface area (Å²) < 4.78 is 10.4. The van der Waals surface area contributed by atoms with Gasteiger partial charge >= 0.3 is 17.6 Å². The van der Waals surface area contributed by atoms with E-state index in [-0.39, 0.29) is 35.9 Å². The molecule has 1 atom stereocenters. The van der Waals surface area contributed by atoms with Gasteiger partial charge in [-0.2, -0.15) is 0 Å². The maximum absolute atomic E-state index is 12.0. The minimum atomic E-state index is -1.10. The van der Waals surface area contributed by atoms with E-state index >= 15 is 0 Å². The molecule has 0 saturated carbocycles. The summed E-state index contributed by atoms with van der Waals surface area (Å²) in [6.45, 7) is -0.118. The van der Waals surface area contributed by atoms with Gasteiger partial charge in [0, 0.05) is 46.1 Å². The number of aromatic hydroxyl groups is 1. The lowest BCUT2D eigenvalue weighted by molar-refractivity contribution is -0.145. The molecule has 2 heterocycles. The summed E-state index contributed by atoms with van der Waals surface area (Å²) in [7, 11) is 3.83. The zero-order valence-corrected chi connectivity index (χ0v) is 17.4. The van der Waals surface area contributed by atoms with Crippen LogP contribution in [0.2, 0.25) is 0 Å². The Balaban J connectivity index is 1.61. The molecule has 2 aromatic rings. The summed E-state index contributed by atoms with van der Waals surface area (Å²) in [5.74, 6) is -0.512. The van der Waals surface area contributed by atoms with E-state index < -0.39 is 11.6 Å². The lowest BCUT2D eigenvalue weighted by Gasteiger charge is -2.10. The van der Waals surface area contributed by atoms with Crippen molar-refractivity contribution < 1.29 is 29.0 Å². The molecular formula is C20H22O7S2. The highest BCUT2D eigenvalue weighted by molar-refractivity contribution is 8.77. The van der Waals surface area contributed by atoms with Crippen molar-refractivity contribution in [2.24, 2.45) is 0 Å². The smallest absolute Gasteiger partial charge is 0.336 e. The summed E-state index contributed by atoms with van der Waals surface area (Å²) >= 11 is 0. The number of carboxylic acid groups (broad SMARTS) is 1. The third kappa shape index (κ3) is 6.17. The molecule has 1 aliphatic rings. The van der Waals surface area contributed by atoms with Crippen molar-refractivity contribution in [1.82, 2.24) is 0 Å². The highest BCUT2D eigenvalue weighted by atomic mass is 33.1. The molecule has 0 aliphatic carbocycles. The standard InChI is InChI=1S/C20H22O7S2/c21-16-10-17-15(7-12(16)8-18(22)23)13(9-20(25)27-17)11-26-19(24)4-2-1-3-14-5-6-28-29-14/h7,9-10,14,21H,1-6,8,11H2,(H,22,23)/t14-/m1/s1. The molecule has 156 valence electrons. The van der Waals surface area contributed by atoms with Crippen LogP contribution in [0.25, 0.3) is 11.0 Å². The zero-order chi connectivity index (χ0) is 20.8. The van der Waals surface area contributed by atoms with Gasteiger partial charge in [0.05, 0.1) is 6.42 Å². The van der Waals surface area contributed by atoms with Crippen LogP contribution in [0.3, 0.4) is 0 Å². The van der Waals surface area contributed by atoms with Gasteiger partial charge in [-0.3, -0.25) is 9.59 Å². The average Bonchev–Trinajstić information content (AvgIpc) is 3.17. The van der Waals surface area contributed by atoms with Crippen molar-refractivity contribution >= 4 is 44.5 Å². The van der Waals surface area contributed by atoms with E-state index in [0.29, 0.717) is 22.6 Å². The molecule has 1 aromatic heterocycles. The molecule has 0 unspecified atom stereocenters. The Morgan fingerprint density at radius 3 is 2.76 bits per heavy atom. The minimum Gasteiger partial charge on any atom is -0.508 e. The Hall–Kier alpha value is -2.13. The molecule has 1 saturated heterocycles. The second kappa shape index (κ2) is 10.1. The molecule has 1 fully saturated rings. The second-order valence-corrected chi connectivity index (χ2v) is 9.66. The number of unbranched alkanes of at least 4 members (excludes halogenated alkanes) is 1. The fraction of sp³-hybridized carbons (Fsp3) is 0.450. The lowest BCUT2D eigenvalue weighted by Crippen LogP contribution is -2.08. The molecule has 1 aliphatic heterocycles. The molecule has 0 amide bonds. The minimum absolute atomic E-state index is 0.113. The van der Waals surface area contributed by atoms with Gasteiger partial charge in [-0.15, -0.1) is 0 Å². The van der Waals surface area contributed by atoms with Crippen LogP contribution in [0.5, 0.6) is 5.75 Å². The van der Waals surface area contributed by atoms with Crippen LogP contribution in [-0.4, -0.2) is 33.2 Å². The Morgan fingerprint density at radius 2 is 2.03 bits per heavy atom. The molecule has 0 radical (unpaired) electrons. The van der Waals surface area contributed by atoms with Crippen LogP contribution >= 0.6 is 21.6 Å². The van der Waals surface area contributed by atoms with Gasteiger partial charge < -0.3 is 19.4 Å². The van der Waals surface area contributed by atoms with Gasteiger partial charge in [0.25, 0.3) is 0 Å². The van der Waals surface area contributed by atoms with Gasteiger partial charge in [-0.05, 0) is 25.3 Å². The van der Waals surface area contributed by atoms with Crippen LogP contribution in [0.1, 0.15) is 43.2 Å². The first-order valence-electron chi connectivity index (χ1n) is 9.36. The largest absolute Gasteiger partial charge is 0.508 e. The maximum atomic E-state index is 12.0. The van der Waals surface area contributed by atoms with E-state index in [0.717, 1.165) is 19.3 Å². The van der Waals surface area contributed by atoms with Gasteiger partial charge in [0.1, 0.15) is 17.9 Å². The van der Waals surface area contributed by atoms with E-state index in [1.54, 1.807) is 0 Å². The van der Waals surface area contributed by atoms with Crippen molar-refractivity contribution in [3.8, 4) is 5.75 Å². The Morgan fingerprint density at radius 1 is 1.21 bits per heavy atom. The molecule has 3 rings (SSSR count). The van der Waals surface area contributed by atoms with Crippen LogP contribution < -0.4 is 5.63 Å². The third-order valence-corrected chi connectivity index (χ3v) is 7.65. The second-order valence-electron chi connectivity index (χ2n) is 6.87. The van der Waals surface area contributed by atoms with E-state index in [1.165, 1.54) is 30.4 Å². The predicted molar refractivity (Wildman–Crippen MR) is 112 cm³/mol. The Labute approximate surface area is 175 Å². The summed E-state index contributed by atoms with van der Waals surface area (Å²) in [6.07, 6.45) is 4.00. The number of phenolic OH excluding ortho intramolecular Hbond substituents is 1. The molecule has 2 N–H and O–H groups in total. The summed E-state index contributed by atoms with van der Waals surface area (Å²) in [6, 6.07) is 3.87. The highest BCUT2D eigenvalue weighted by Gasteiger charge is 2.17. The van der Waals surface area contributed by atoms with Gasteiger partial charge in [-0.25, -0.2) is 4.79 Å². The van der Waals surface area contributed by atoms with E-state index in [4.69, 9.17) is 14.3 Å². The van der Waals surface area contributed by atoms with Crippen LogP contribution in [-0.2, 0) is 27.4 Å². The van der Waals surface area contributed by atoms with Gasteiger partial charge in [0.15, 0.2) is 0 Å². The monoisotopic (exact) mass is 438 g/mol. The van der Waals surface area contributed by atoms with Gasteiger partial charge in [0.2, 0.25) is 0 Å². The molecular weight excluding hydrogens is 416 g/mol. The van der Waals surface area contributed by atoms with E-state index in [9.17, 15) is 19.5 Å². The number of aliphatic carboxylic acids is 1. The van der Waals surface area contributed by atoms with Crippen LogP contribution in [0.15, 0.2) is 27.4 Å². The highest BCUT2D eigenvalue weighted by Crippen LogP contribution is 2.39. The number of carboxylic acids is 1. The number of ether oxygens (including phenoxy) is 1. The number of carbonyl (C=O) groups excluding carboxylic acids is 1. The third-order valence-electron chi connectivity index (χ3n) is 4.64. The Bertz CT molecular complexity index is 948. The maximum Gasteiger partial charge on any atom is 0.336 e. The van der Waals surface area contributed by atoms with Crippen molar-refractivity contribution in [3.05, 3.63) is 39.7 Å². The molecule has 0 bridgehead atoms. The topological polar surface area (TPSA) is 114 Å². The normalized spacial score (nSPS) is 16.2. The number of hydrogen-bond donors (Lipinski definition) is 2. The number of phenols is 1. The lowest BCUT2D eigenvalue weighted by atomic mass is 10.0. The molecule has 7 nitrogen and oxygen atoms in total. The molecule has 29 heavy (non-hydrogen) atoms. The number of rotatable bonds is 9. The van der Waals surface area contributed by atoms with Crippen LogP contribution in [0.4, 0.5) is 0 Å². The number of hydrogen-bond acceptors (Lipinski definition) is 8. The van der Waals surface area contributed by atoms with Crippen LogP contribution in [0, 0.1) is 0 Å². The summed E-state index contributed by atoms with van der Waals surface area (Å²) in [4.78, 5) is 34.8. The van der Waals surface area contributed by atoms with Crippen molar-refractivity contribution in [3.63, 3.8) is 0 Å². The first kappa shape index (κ1) is 21.6. The fourth-order valence-corrected chi connectivity index (χ4v) is 6.19. The number of benzene rings is 1. The van der Waals surface area contributed by atoms with Crippen molar-refractivity contribution in [1.29, 1.82) is 0 Å². The van der Waals surface area contributed by atoms with E-state index in [2.05, 4.69) is 0 Å². The predicted octanol–water partition coefficient (Wildman–Crippen LogP) is 3.88. The molecule has 0 spiro atoms. The SMILES string of the molecule is O=C(O)Cc1cc2c(COC(=O)CCCC[C@@H]3CCSS3)cc(=O)oc2cc1O. The first-order chi connectivity index (χ1) is 13.9. The number of carbonyl (C=O) groups is 2. The van der Waals surface area contributed by atoms with Crippen molar-refractivity contribution in [2.45, 2.75) is 50.4 Å². The molecule has 9 heteroatoms.